The first-order valence-electron chi connectivity index (χ1n) is 5.42. The molecule has 0 aliphatic carbocycles. The van der Waals surface area contributed by atoms with Gasteiger partial charge in [0, 0.05) is 6.54 Å². The Kier molecular flexibility index (Phi) is 4.96. The molecule has 17 heavy (non-hydrogen) atoms. The zero-order valence-electron chi connectivity index (χ0n) is 9.64. The minimum Gasteiger partial charge on any atom is -0.337 e. The Morgan fingerprint density at radius 3 is 2.47 bits per heavy atom. The van der Waals surface area contributed by atoms with E-state index in [1.165, 1.54) is 12.1 Å². The van der Waals surface area contributed by atoms with Gasteiger partial charge in [0.1, 0.15) is 0 Å². The third kappa shape index (κ3) is 4.44. The van der Waals surface area contributed by atoms with Crippen LogP contribution in [0, 0.1) is 0 Å². The Bertz CT molecular complexity index is 457. The van der Waals surface area contributed by atoms with Gasteiger partial charge in [0.05, 0.1) is 4.90 Å². The maximum absolute atomic E-state index is 11.7. The summed E-state index contributed by atoms with van der Waals surface area (Å²) in [5.41, 5.74) is 0. The van der Waals surface area contributed by atoms with Crippen molar-refractivity contribution < 1.29 is 13.2 Å². The van der Waals surface area contributed by atoms with E-state index in [0.717, 1.165) is 12.8 Å². The van der Waals surface area contributed by atoms with Crippen molar-refractivity contribution in [1.82, 2.24) is 10.0 Å². The first kappa shape index (κ1) is 13.5. The summed E-state index contributed by atoms with van der Waals surface area (Å²) in [5, 5.41) is 2.48. The Morgan fingerprint density at radius 2 is 1.88 bits per heavy atom. The Morgan fingerprint density at radius 1 is 1.24 bits per heavy atom. The van der Waals surface area contributed by atoms with Gasteiger partial charge < -0.3 is 5.32 Å². The fraction of sp³-hybridized carbons (Fsp3) is 0.364. The Labute approximate surface area is 101 Å². The van der Waals surface area contributed by atoms with E-state index in [0.29, 0.717) is 6.54 Å². The molecule has 1 aromatic carbocycles. The summed E-state index contributed by atoms with van der Waals surface area (Å²) in [5.74, 6) is 0. The highest BCUT2D eigenvalue weighted by molar-refractivity contribution is 7.90. The Hall–Kier alpha value is -1.56. The normalized spacial score (nSPS) is 10.9. The van der Waals surface area contributed by atoms with Gasteiger partial charge in [-0.05, 0) is 18.6 Å². The van der Waals surface area contributed by atoms with E-state index in [9.17, 15) is 13.2 Å². The number of hydrogen-bond donors (Lipinski definition) is 2. The molecule has 2 amide bonds. The molecular weight excluding hydrogens is 240 g/mol. The molecule has 0 aliphatic rings. The number of benzene rings is 1. The molecule has 5 nitrogen and oxygen atoms in total. The van der Waals surface area contributed by atoms with E-state index in [-0.39, 0.29) is 4.90 Å². The number of sulfonamides is 1. The van der Waals surface area contributed by atoms with Crippen LogP contribution in [0.15, 0.2) is 35.2 Å². The number of unbranched alkanes of at least 4 members (excludes halogenated alkanes) is 1. The number of carbonyl (C=O) groups is 1. The maximum atomic E-state index is 11.7. The van der Waals surface area contributed by atoms with E-state index in [1.54, 1.807) is 18.2 Å². The van der Waals surface area contributed by atoms with Crippen LogP contribution < -0.4 is 10.0 Å². The SMILES string of the molecule is CCCCNC(=O)NS(=O)(=O)c1ccccc1. The van der Waals surface area contributed by atoms with Gasteiger partial charge in [-0.1, -0.05) is 31.5 Å². The van der Waals surface area contributed by atoms with Crippen LogP contribution >= 0.6 is 0 Å². The molecule has 0 aromatic heterocycles. The molecule has 0 heterocycles. The van der Waals surface area contributed by atoms with E-state index in [2.05, 4.69) is 5.32 Å². The highest BCUT2D eigenvalue weighted by Gasteiger charge is 2.16. The molecule has 0 fully saturated rings. The van der Waals surface area contributed by atoms with Crippen LogP contribution in [0.4, 0.5) is 4.79 Å². The van der Waals surface area contributed by atoms with Crippen molar-refractivity contribution in [3.05, 3.63) is 30.3 Å². The van der Waals surface area contributed by atoms with E-state index < -0.39 is 16.1 Å². The second-order valence-corrected chi connectivity index (χ2v) is 5.21. The third-order valence-corrected chi connectivity index (χ3v) is 3.44. The topological polar surface area (TPSA) is 75.3 Å². The molecule has 1 aromatic rings. The fourth-order valence-electron chi connectivity index (χ4n) is 1.20. The smallest absolute Gasteiger partial charge is 0.328 e. The predicted molar refractivity (Wildman–Crippen MR) is 65.1 cm³/mol. The third-order valence-electron chi connectivity index (χ3n) is 2.10. The number of carbonyl (C=O) groups excluding carboxylic acids is 1. The summed E-state index contributed by atoms with van der Waals surface area (Å²) >= 11 is 0. The van der Waals surface area contributed by atoms with Crippen molar-refractivity contribution in [3.63, 3.8) is 0 Å². The lowest BCUT2D eigenvalue weighted by Crippen LogP contribution is -2.39. The standard InChI is InChI=1S/C11H16N2O3S/c1-2-3-9-12-11(14)13-17(15,16)10-7-5-4-6-8-10/h4-8H,2-3,9H2,1H3,(H2,12,13,14). The molecule has 2 N–H and O–H groups in total. The van der Waals surface area contributed by atoms with Crippen LogP contribution in [-0.2, 0) is 10.0 Å². The zero-order chi connectivity index (χ0) is 12.7. The number of amides is 2. The van der Waals surface area contributed by atoms with Gasteiger partial charge in [-0.2, -0.15) is 0 Å². The lowest BCUT2D eigenvalue weighted by Gasteiger charge is -2.07. The van der Waals surface area contributed by atoms with E-state index in [4.69, 9.17) is 0 Å². The minimum atomic E-state index is -3.76. The van der Waals surface area contributed by atoms with Crippen molar-refractivity contribution in [2.45, 2.75) is 24.7 Å². The molecule has 0 saturated heterocycles. The highest BCUT2D eigenvalue weighted by Crippen LogP contribution is 2.06. The minimum absolute atomic E-state index is 0.0747. The van der Waals surface area contributed by atoms with Crippen LogP contribution in [0.25, 0.3) is 0 Å². The van der Waals surface area contributed by atoms with Crippen molar-refractivity contribution in [3.8, 4) is 0 Å². The van der Waals surface area contributed by atoms with Gasteiger partial charge in [-0.25, -0.2) is 17.9 Å². The Balaban J connectivity index is 2.59. The van der Waals surface area contributed by atoms with Crippen molar-refractivity contribution in [2.75, 3.05) is 6.54 Å². The van der Waals surface area contributed by atoms with Gasteiger partial charge in [-0.15, -0.1) is 0 Å². The molecule has 0 bridgehead atoms. The number of hydrogen-bond acceptors (Lipinski definition) is 3. The molecule has 0 saturated carbocycles. The van der Waals surface area contributed by atoms with Gasteiger partial charge in [-0.3, -0.25) is 0 Å². The average Bonchev–Trinajstić information content (AvgIpc) is 2.30. The van der Waals surface area contributed by atoms with Gasteiger partial charge >= 0.3 is 6.03 Å². The molecule has 0 radical (unpaired) electrons. The number of rotatable bonds is 5. The second kappa shape index (κ2) is 6.24. The lowest BCUT2D eigenvalue weighted by molar-refractivity contribution is 0.245. The van der Waals surface area contributed by atoms with Crippen molar-refractivity contribution in [2.24, 2.45) is 0 Å². The van der Waals surface area contributed by atoms with E-state index in [1.807, 2.05) is 11.6 Å². The monoisotopic (exact) mass is 256 g/mol. The fourth-order valence-corrected chi connectivity index (χ4v) is 2.14. The number of urea groups is 1. The van der Waals surface area contributed by atoms with Crippen molar-refractivity contribution >= 4 is 16.1 Å². The van der Waals surface area contributed by atoms with E-state index >= 15 is 0 Å². The van der Waals surface area contributed by atoms with Gasteiger partial charge in [0.15, 0.2) is 0 Å². The second-order valence-electron chi connectivity index (χ2n) is 3.53. The highest BCUT2D eigenvalue weighted by atomic mass is 32.2. The molecule has 0 atom stereocenters. The van der Waals surface area contributed by atoms with Crippen LogP contribution in [-0.4, -0.2) is 21.0 Å². The van der Waals surface area contributed by atoms with Crippen molar-refractivity contribution in [1.29, 1.82) is 0 Å². The summed E-state index contributed by atoms with van der Waals surface area (Å²) in [6, 6.07) is 7.08. The van der Waals surface area contributed by atoms with Gasteiger partial charge in [0.2, 0.25) is 0 Å². The zero-order valence-corrected chi connectivity index (χ0v) is 10.5. The van der Waals surface area contributed by atoms with Crippen LogP contribution in [0.3, 0.4) is 0 Å². The van der Waals surface area contributed by atoms with Crippen LogP contribution in [0.5, 0.6) is 0 Å². The largest absolute Gasteiger partial charge is 0.337 e. The number of nitrogens with one attached hydrogen (secondary N) is 2. The molecule has 94 valence electrons. The molecule has 0 aliphatic heterocycles. The first-order valence-corrected chi connectivity index (χ1v) is 6.90. The summed E-state index contributed by atoms with van der Waals surface area (Å²) in [6.45, 7) is 2.45. The van der Waals surface area contributed by atoms with Crippen LogP contribution in [0.1, 0.15) is 19.8 Å². The maximum Gasteiger partial charge on any atom is 0.328 e. The average molecular weight is 256 g/mol. The molecule has 6 heteroatoms. The lowest BCUT2D eigenvalue weighted by atomic mass is 10.3. The quantitative estimate of drug-likeness (QED) is 0.783. The van der Waals surface area contributed by atoms with Crippen LogP contribution in [0.2, 0.25) is 0 Å². The first-order chi connectivity index (χ1) is 8.06. The summed E-state index contributed by atoms with van der Waals surface area (Å²) in [6.07, 6.45) is 1.75. The molecule has 0 spiro atoms. The van der Waals surface area contributed by atoms with Gasteiger partial charge in [0.25, 0.3) is 10.0 Å². The predicted octanol–water partition coefficient (Wildman–Crippen LogP) is 1.47. The summed E-state index contributed by atoms with van der Waals surface area (Å²) in [4.78, 5) is 11.4. The molecule has 0 unspecified atom stereocenters. The molecule has 1 rings (SSSR count). The summed E-state index contributed by atoms with van der Waals surface area (Å²) < 4.78 is 25.4. The summed E-state index contributed by atoms with van der Waals surface area (Å²) in [7, 11) is -3.76. The molecular formula is C11H16N2O3S.